The molecule has 0 radical (unpaired) electrons. The van der Waals surface area contributed by atoms with E-state index >= 15 is 0 Å². The van der Waals surface area contributed by atoms with E-state index in [9.17, 15) is 8.42 Å². The van der Waals surface area contributed by atoms with Crippen LogP contribution in [0.25, 0.3) is 10.9 Å². The van der Waals surface area contributed by atoms with E-state index in [1.165, 1.54) is 0 Å². The standard InChI is InChI=1S/C22H25ClN2O3S/c1-24(2)14-15-5-4-6-21-22(15)19-13-17(28-3)9-12-20(19)25(21)29(26,27)18-10-7-16(23)8-11-18/h7-13,15H,4-6,14H2,1-3H3. The normalized spacial score (nSPS) is 16.9. The maximum absolute atomic E-state index is 13.7. The minimum atomic E-state index is -3.75. The quantitative estimate of drug-likeness (QED) is 0.594. The van der Waals surface area contributed by atoms with Crippen LogP contribution in [0, 0.1) is 0 Å². The second kappa shape index (κ2) is 7.67. The van der Waals surface area contributed by atoms with Crippen molar-refractivity contribution in [2.75, 3.05) is 27.7 Å². The van der Waals surface area contributed by atoms with E-state index in [-0.39, 0.29) is 10.8 Å². The number of likely N-dealkylation sites (N-methyl/N-ethyl adjacent to an activating group) is 1. The van der Waals surface area contributed by atoms with Gasteiger partial charge in [0, 0.05) is 22.6 Å². The molecule has 1 aliphatic rings. The number of rotatable bonds is 5. The smallest absolute Gasteiger partial charge is 0.268 e. The molecule has 0 saturated heterocycles. The van der Waals surface area contributed by atoms with Crippen molar-refractivity contribution >= 4 is 32.5 Å². The van der Waals surface area contributed by atoms with Crippen molar-refractivity contribution < 1.29 is 13.2 Å². The minimum absolute atomic E-state index is 0.243. The molecule has 0 fully saturated rings. The fourth-order valence-electron chi connectivity index (χ4n) is 4.41. The largest absolute Gasteiger partial charge is 0.497 e. The second-order valence-corrected chi connectivity index (χ2v) is 10.0. The van der Waals surface area contributed by atoms with Crippen LogP contribution in [0.15, 0.2) is 47.4 Å². The van der Waals surface area contributed by atoms with E-state index in [1.54, 1.807) is 35.3 Å². The van der Waals surface area contributed by atoms with Gasteiger partial charge in [0.15, 0.2) is 0 Å². The molecular weight excluding hydrogens is 408 g/mol. The Morgan fingerprint density at radius 2 is 1.90 bits per heavy atom. The lowest BCUT2D eigenvalue weighted by atomic mass is 9.85. The third-order valence-electron chi connectivity index (χ3n) is 5.58. The molecule has 1 atom stereocenters. The Kier molecular flexibility index (Phi) is 5.36. The van der Waals surface area contributed by atoms with Crippen LogP contribution in [-0.4, -0.2) is 45.0 Å². The van der Waals surface area contributed by atoms with Gasteiger partial charge >= 0.3 is 0 Å². The summed E-state index contributed by atoms with van der Waals surface area (Å²) in [5.41, 5.74) is 2.73. The van der Waals surface area contributed by atoms with Crippen LogP contribution in [-0.2, 0) is 16.4 Å². The Hall–Kier alpha value is -2.02. The van der Waals surface area contributed by atoms with Crippen molar-refractivity contribution in [2.24, 2.45) is 0 Å². The molecule has 29 heavy (non-hydrogen) atoms. The van der Waals surface area contributed by atoms with Crippen molar-refractivity contribution in [3.63, 3.8) is 0 Å². The summed E-state index contributed by atoms with van der Waals surface area (Å²) in [5, 5.41) is 1.47. The molecular formula is C22H25ClN2O3S. The molecule has 0 N–H and O–H groups in total. The van der Waals surface area contributed by atoms with Gasteiger partial charge in [-0.25, -0.2) is 12.4 Å². The summed E-state index contributed by atoms with van der Waals surface area (Å²) in [6.07, 6.45) is 2.75. The molecule has 0 spiro atoms. The van der Waals surface area contributed by atoms with Gasteiger partial charge in [-0.3, -0.25) is 0 Å². The second-order valence-electron chi connectivity index (χ2n) is 7.82. The first kappa shape index (κ1) is 20.3. The third kappa shape index (κ3) is 3.54. The highest BCUT2D eigenvalue weighted by Gasteiger charge is 2.32. The van der Waals surface area contributed by atoms with Crippen molar-refractivity contribution in [2.45, 2.75) is 30.1 Å². The maximum atomic E-state index is 13.7. The first-order valence-electron chi connectivity index (χ1n) is 9.70. The zero-order valence-electron chi connectivity index (χ0n) is 16.9. The van der Waals surface area contributed by atoms with Crippen molar-refractivity contribution in [3.8, 4) is 5.75 Å². The van der Waals surface area contributed by atoms with Gasteiger partial charge in [-0.05, 0) is 87.3 Å². The lowest BCUT2D eigenvalue weighted by Crippen LogP contribution is -2.25. The molecule has 0 bridgehead atoms. The zero-order valence-corrected chi connectivity index (χ0v) is 18.4. The topological polar surface area (TPSA) is 51.5 Å². The summed E-state index contributed by atoms with van der Waals surface area (Å²) in [7, 11) is 1.99. The highest BCUT2D eigenvalue weighted by molar-refractivity contribution is 7.90. The van der Waals surface area contributed by atoms with Crippen molar-refractivity contribution in [3.05, 3.63) is 58.7 Å². The van der Waals surface area contributed by atoms with E-state index in [4.69, 9.17) is 16.3 Å². The first-order chi connectivity index (χ1) is 13.8. The van der Waals surface area contributed by atoms with Crippen LogP contribution in [0.1, 0.15) is 30.0 Å². The van der Waals surface area contributed by atoms with Crippen LogP contribution in [0.2, 0.25) is 5.02 Å². The SMILES string of the molecule is COc1ccc2c(c1)c1c(n2S(=O)(=O)c2ccc(Cl)cc2)CCCC1CN(C)C. The predicted octanol–water partition coefficient (Wildman–Crippen LogP) is 4.52. The van der Waals surface area contributed by atoms with Gasteiger partial charge in [-0.15, -0.1) is 0 Å². The van der Waals surface area contributed by atoms with E-state index in [0.29, 0.717) is 10.5 Å². The van der Waals surface area contributed by atoms with Crippen LogP contribution in [0.3, 0.4) is 0 Å². The van der Waals surface area contributed by atoms with Gasteiger partial charge < -0.3 is 9.64 Å². The molecule has 2 aromatic carbocycles. The lowest BCUT2D eigenvalue weighted by Gasteiger charge is -2.27. The monoisotopic (exact) mass is 432 g/mol. The average molecular weight is 433 g/mol. The van der Waals surface area contributed by atoms with Gasteiger partial charge in [-0.2, -0.15) is 0 Å². The van der Waals surface area contributed by atoms with Crippen LogP contribution < -0.4 is 4.74 Å². The van der Waals surface area contributed by atoms with E-state index < -0.39 is 10.0 Å². The molecule has 1 aromatic heterocycles. The fourth-order valence-corrected chi connectivity index (χ4v) is 6.12. The molecule has 5 nitrogen and oxygen atoms in total. The third-order valence-corrected chi connectivity index (χ3v) is 7.60. The van der Waals surface area contributed by atoms with Crippen LogP contribution >= 0.6 is 11.6 Å². The van der Waals surface area contributed by atoms with Crippen molar-refractivity contribution in [1.82, 2.24) is 8.87 Å². The van der Waals surface area contributed by atoms with Crippen LogP contribution in [0.5, 0.6) is 5.75 Å². The van der Waals surface area contributed by atoms with Crippen LogP contribution in [0.4, 0.5) is 0 Å². The molecule has 1 aliphatic carbocycles. The molecule has 4 rings (SSSR count). The number of nitrogens with zero attached hydrogens (tertiary/aromatic N) is 2. The summed E-state index contributed by atoms with van der Waals surface area (Å²) >= 11 is 5.98. The van der Waals surface area contributed by atoms with Gasteiger partial charge in [0.2, 0.25) is 0 Å². The van der Waals surface area contributed by atoms with E-state index in [1.807, 2.05) is 18.2 Å². The molecule has 1 unspecified atom stereocenters. The number of ether oxygens (including phenoxy) is 1. The summed E-state index contributed by atoms with van der Waals surface area (Å²) in [4.78, 5) is 2.41. The molecule has 0 saturated carbocycles. The number of methoxy groups -OCH3 is 1. The lowest BCUT2D eigenvalue weighted by molar-refractivity contribution is 0.352. The number of hydrogen-bond acceptors (Lipinski definition) is 4. The van der Waals surface area contributed by atoms with E-state index in [2.05, 4.69) is 19.0 Å². The Morgan fingerprint density at radius 3 is 2.55 bits per heavy atom. The Labute approximate surface area is 176 Å². The highest BCUT2D eigenvalue weighted by atomic mass is 35.5. The number of hydrogen-bond donors (Lipinski definition) is 0. The molecule has 7 heteroatoms. The molecule has 0 amide bonds. The minimum Gasteiger partial charge on any atom is -0.497 e. The number of halogens is 1. The summed E-state index contributed by atoms with van der Waals surface area (Å²) in [5.74, 6) is 1.01. The van der Waals surface area contributed by atoms with Crippen molar-refractivity contribution in [1.29, 1.82) is 0 Å². The molecule has 3 aromatic rings. The first-order valence-corrected chi connectivity index (χ1v) is 11.5. The Bertz CT molecular complexity index is 1150. The summed E-state index contributed by atoms with van der Waals surface area (Å²) < 4.78 is 34.3. The van der Waals surface area contributed by atoms with E-state index in [0.717, 1.165) is 48.2 Å². The Balaban J connectivity index is 2.01. The molecule has 0 aliphatic heterocycles. The number of benzene rings is 2. The van der Waals surface area contributed by atoms with Gasteiger partial charge in [-0.1, -0.05) is 11.6 Å². The highest BCUT2D eigenvalue weighted by Crippen LogP contribution is 2.42. The summed E-state index contributed by atoms with van der Waals surface area (Å²) in [6.45, 7) is 0.879. The molecule has 1 heterocycles. The Morgan fingerprint density at radius 1 is 1.17 bits per heavy atom. The number of aromatic nitrogens is 1. The van der Waals surface area contributed by atoms with Gasteiger partial charge in [0.25, 0.3) is 10.0 Å². The van der Waals surface area contributed by atoms with Gasteiger partial charge in [0.1, 0.15) is 5.75 Å². The summed E-state index contributed by atoms with van der Waals surface area (Å²) in [6, 6.07) is 12.0. The average Bonchev–Trinajstić information content (AvgIpc) is 3.03. The predicted molar refractivity (Wildman–Crippen MR) is 117 cm³/mol. The molecule has 154 valence electrons. The zero-order chi connectivity index (χ0) is 20.8. The maximum Gasteiger partial charge on any atom is 0.268 e. The van der Waals surface area contributed by atoms with Gasteiger partial charge in [0.05, 0.1) is 17.5 Å². The fraction of sp³-hybridized carbons (Fsp3) is 0.364. The number of fused-ring (bicyclic) bond motifs is 3.